The molecule has 2 amide bonds. The molecule has 4 unspecified atom stereocenters. The normalized spacial score (nSPS) is 31.6. The first-order valence-electron chi connectivity index (χ1n) is 7.32. The number of imide groups is 1. The molecule has 1 aliphatic carbocycles. The van der Waals surface area contributed by atoms with Gasteiger partial charge in [0.1, 0.15) is 0 Å². The van der Waals surface area contributed by atoms with Gasteiger partial charge in [-0.3, -0.25) is 14.5 Å². The van der Waals surface area contributed by atoms with Crippen LogP contribution in [0, 0.1) is 23.7 Å². The van der Waals surface area contributed by atoms with Gasteiger partial charge in [-0.1, -0.05) is 49.4 Å². The number of carbonyl (C=O) groups is 2. The molecule has 4 nitrogen and oxygen atoms in total. The number of aliphatic hydroxyl groups excluding tert-OH is 1. The number of hydrogen-bond donors (Lipinski definition) is 1. The Morgan fingerprint density at radius 1 is 1.05 bits per heavy atom. The van der Waals surface area contributed by atoms with E-state index in [4.69, 9.17) is 0 Å². The first kappa shape index (κ1) is 14.0. The summed E-state index contributed by atoms with van der Waals surface area (Å²) in [4.78, 5) is 26.6. The van der Waals surface area contributed by atoms with Crippen molar-refractivity contribution in [1.29, 1.82) is 0 Å². The average molecular weight is 285 g/mol. The van der Waals surface area contributed by atoms with Crippen LogP contribution in [0.5, 0.6) is 0 Å². The molecule has 1 aliphatic heterocycles. The second-order valence-electron chi connectivity index (χ2n) is 5.89. The monoisotopic (exact) mass is 285 g/mol. The van der Waals surface area contributed by atoms with Crippen molar-refractivity contribution in [2.75, 3.05) is 6.61 Å². The third-order valence-electron chi connectivity index (χ3n) is 4.57. The van der Waals surface area contributed by atoms with E-state index in [1.165, 1.54) is 4.90 Å². The number of aliphatic hydroxyl groups is 1. The first-order valence-corrected chi connectivity index (χ1v) is 7.32. The predicted octanol–water partition coefficient (Wildman–Crippen LogP) is 1.60. The number of likely N-dealkylation sites (tertiary alicyclic amines) is 1. The van der Waals surface area contributed by atoms with Crippen LogP contribution >= 0.6 is 0 Å². The predicted molar refractivity (Wildman–Crippen MR) is 77.9 cm³/mol. The quantitative estimate of drug-likeness (QED) is 0.678. The number of fused-ring (bicyclic) bond motifs is 1. The molecule has 2 aliphatic rings. The van der Waals surface area contributed by atoms with Crippen molar-refractivity contribution >= 4 is 11.8 Å². The molecule has 0 aromatic heterocycles. The molecule has 0 spiro atoms. The second kappa shape index (κ2) is 5.45. The zero-order chi connectivity index (χ0) is 15.0. The summed E-state index contributed by atoms with van der Waals surface area (Å²) in [6.07, 6.45) is 3.82. The lowest BCUT2D eigenvalue weighted by molar-refractivity contribution is -0.141. The fraction of sp³-hybridized carbons (Fsp3) is 0.412. The number of allylic oxidation sites excluding steroid dienone is 1. The van der Waals surface area contributed by atoms with Crippen LogP contribution in [0.25, 0.3) is 0 Å². The maximum Gasteiger partial charge on any atom is 0.234 e. The number of carbonyl (C=O) groups excluding carboxylic acids is 2. The largest absolute Gasteiger partial charge is 0.396 e. The number of amides is 2. The summed E-state index contributed by atoms with van der Waals surface area (Å²) in [5, 5.41) is 9.47. The summed E-state index contributed by atoms with van der Waals surface area (Å²) < 4.78 is 0. The molecule has 1 heterocycles. The fourth-order valence-electron chi connectivity index (χ4n) is 3.43. The Hall–Kier alpha value is -1.94. The molecule has 1 aromatic rings. The summed E-state index contributed by atoms with van der Waals surface area (Å²) in [5.41, 5.74) is 0.944. The van der Waals surface area contributed by atoms with Gasteiger partial charge in [0, 0.05) is 5.92 Å². The van der Waals surface area contributed by atoms with Crippen molar-refractivity contribution in [3.63, 3.8) is 0 Å². The average Bonchev–Trinajstić information content (AvgIpc) is 2.75. The van der Waals surface area contributed by atoms with Crippen LogP contribution in [0.1, 0.15) is 12.5 Å². The van der Waals surface area contributed by atoms with E-state index in [1.54, 1.807) is 0 Å². The molecule has 4 atom stereocenters. The maximum absolute atomic E-state index is 12.6. The lowest BCUT2D eigenvalue weighted by Crippen LogP contribution is -2.34. The first-order chi connectivity index (χ1) is 10.1. The summed E-state index contributed by atoms with van der Waals surface area (Å²) in [6.45, 7) is 2.18. The van der Waals surface area contributed by atoms with Crippen molar-refractivity contribution in [3.8, 4) is 0 Å². The van der Waals surface area contributed by atoms with Crippen LogP contribution in [0.2, 0.25) is 0 Å². The molecule has 1 fully saturated rings. The van der Waals surface area contributed by atoms with Gasteiger partial charge < -0.3 is 5.11 Å². The van der Waals surface area contributed by atoms with Gasteiger partial charge in [-0.2, -0.15) is 0 Å². The molecule has 4 heteroatoms. The van der Waals surface area contributed by atoms with Crippen LogP contribution in [0.3, 0.4) is 0 Å². The zero-order valence-corrected chi connectivity index (χ0v) is 12.0. The third-order valence-corrected chi connectivity index (χ3v) is 4.57. The lowest BCUT2D eigenvalue weighted by atomic mass is 9.73. The minimum atomic E-state index is -0.411. The second-order valence-corrected chi connectivity index (χ2v) is 5.89. The molecule has 110 valence electrons. The van der Waals surface area contributed by atoms with Gasteiger partial charge in [-0.15, -0.1) is 0 Å². The van der Waals surface area contributed by atoms with E-state index in [0.717, 1.165) is 5.56 Å². The Balaban J connectivity index is 1.88. The highest BCUT2D eigenvalue weighted by atomic mass is 16.3. The third kappa shape index (κ3) is 2.29. The van der Waals surface area contributed by atoms with Crippen molar-refractivity contribution < 1.29 is 14.7 Å². The van der Waals surface area contributed by atoms with E-state index in [-0.39, 0.29) is 36.2 Å². The van der Waals surface area contributed by atoms with Gasteiger partial charge in [0.15, 0.2) is 0 Å². The topological polar surface area (TPSA) is 57.6 Å². The lowest BCUT2D eigenvalue weighted by Gasteiger charge is -2.28. The molecule has 3 rings (SSSR count). The molecule has 0 radical (unpaired) electrons. The Bertz CT molecular complexity index is 581. The van der Waals surface area contributed by atoms with E-state index in [9.17, 15) is 14.7 Å². The number of rotatable bonds is 3. The summed E-state index contributed by atoms with van der Waals surface area (Å²) in [5.74, 6) is -1.21. The van der Waals surface area contributed by atoms with Crippen LogP contribution in [-0.4, -0.2) is 28.4 Å². The van der Waals surface area contributed by atoms with Gasteiger partial charge in [-0.25, -0.2) is 0 Å². The van der Waals surface area contributed by atoms with Gasteiger partial charge in [-0.05, 0) is 11.5 Å². The minimum absolute atomic E-state index is 0.0371. The summed E-state index contributed by atoms with van der Waals surface area (Å²) >= 11 is 0. The summed E-state index contributed by atoms with van der Waals surface area (Å²) in [7, 11) is 0. The Kier molecular flexibility index (Phi) is 3.64. The van der Waals surface area contributed by atoms with E-state index in [2.05, 4.69) is 0 Å². The zero-order valence-electron chi connectivity index (χ0n) is 12.0. The highest BCUT2D eigenvalue weighted by molar-refractivity contribution is 6.05. The highest BCUT2D eigenvalue weighted by Crippen LogP contribution is 2.41. The minimum Gasteiger partial charge on any atom is -0.396 e. The van der Waals surface area contributed by atoms with Crippen LogP contribution < -0.4 is 0 Å². The van der Waals surface area contributed by atoms with Crippen LogP contribution in [0.15, 0.2) is 42.5 Å². The molecule has 0 bridgehead atoms. The van der Waals surface area contributed by atoms with Crippen molar-refractivity contribution in [3.05, 3.63) is 48.0 Å². The molecular formula is C17H19NO3. The Morgan fingerprint density at radius 2 is 1.71 bits per heavy atom. The number of hydrogen-bond acceptors (Lipinski definition) is 3. The molecule has 0 saturated carbocycles. The van der Waals surface area contributed by atoms with Gasteiger partial charge in [0.2, 0.25) is 11.8 Å². The summed E-state index contributed by atoms with van der Waals surface area (Å²) in [6, 6.07) is 9.52. The van der Waals surface area contributed by atoms with E-state index >= 15 is 0 Å². The van der Waals surface area contributed by atoms with Crippen LogP contribution in [0.4, 0.5) is 0 Å². The smallest absolute Gasteiger partial charge is 0.234 e. The van der Waals surface area contributed by atoms with E-state index < -0.39 is 5.92 Å². The van der Waals surface area contributed by atoms with E-state index in [1.807, 2.05) is 49.4 Å². The van der Waals surface area contributed by atoms with Crippen molar-refractivity contribution in [2.45, 2.75) is 13.5 Å². The molecular weight excluding hydrogens is 266 g/mol. The maximum atomic E-state index is 12.6. The highest BCUT2D eigenvalue weighted by Gasteiger charge is 2.53. The standard InChI is InChI=1S/C17H19NO3/c1-11-7-8-13(10-19)15-14(11)16(20)18(17(15)21)9-12-5-3-2-4-6-12/h2-8,11,13-15,19H,9-10H2,1H3. The van der Waals surface area contributed by atoms with Crippen LogP contribution in [-0.2, 0) is 16.1 Å². The molecule has 1 aromatic carbocycles. The Labute approximate surface area is 124 Å². The molecule has 1 saturated heterocycles. The number of benzene rings is 1. The van der Waals surface area contributed by atoms with E-state index in [0.29, 0.717) is 6.54 Å². The fourth-order valence-corrected chi connectivity index (χ4v) is 3.43. The van der Waals surface area contributed by atoms with Crippen molar-refractivity contribution in [1.82, 2.24) is 4.90 Å². The van der Waals surface area contributed by atoms with Gasteiger partial charge in [0.05, 0.1) is 25.0 Å². The SMILES string of the molecule is CC1C=CC(CO)C2C(=O)N(Cc3ccccc3)C(=O)C12. The van der Waals surface area contributed by atoms with Crippen molar-refractivity contribution in [2.24, 2.45) is 23.7 Å². The molecule has 1 N–H and O–H groups in total. The Morgan fingerprint density at radius 3 is 2.38 bits per heavy atom. The molecule has 21 heavy (non-hydrogen) atoms. The van der Waals surface area contributed by atoms with Gasteiger partial charge >= 0.3 is 0 Å². The number of nitrogens with zero attached hydrogens (tertiary/aromatic N) is 1. The van der Waals surface area contributed by atoms with Gasteiger partial charge in [0.25, 0.3) is 0 Å².